The fourth-order valence-electron chi connectivity index (χ4n) is 1.48. The third-order valence-electron chi connectivity index (χ3n) is 2.00. The molecule has 0 radical (unpaired) electrons. The fraction of sp³-hybridized carbons (Fsp3) is 1.00. The maximum absolute atomic E-state index is 5.54. The summed E-state index contributed by atoms with van der Waals surface area (Å²) in [5, 5.41) is 0. The minimum atomic E-state index is 0.380. The van der Waals surface area contributed by atoms with E-state index in [-0.39, 0.29) is 0 Å². The zero-order valence-electron chi connectivity index (χ0n) is 7.13. The molecule has 1 heterocycles. The molecule has 1 saturated heterocycles. The molecule has 0 amide bonds. The number of hydrogen-bond acceptors (Lipinski definition) is 2. The second-order valence-electron chi connectivity index (χ2n) is 3.13. The molecule has 0 saturated carbocycles. The van der Waals surface area contributed by atoms with E-state index in [1.54, 1.807) is 0 Å². The lowest BCUT2D eigenvalue weighted by molar-refractivity contribution is 0.000606. The monoisotopic (exact) mass is 143 g/mol. The number of hydrogen-bond donors (Lipinski definition) is 0. The van der Waals surface area contributed by atoms with Crippen LogP contribution in [0.3, 0.4) is 0 Å². The molecule has 1 aliphatic rings. The van der Waals surface area contributed by atoms with E-state index in [1.807, 2.05) is 0 Å². The zero-order chi connectivity index (χ0) is 7.56. The molecular formula is C8H17NO. The van der Waals surface area contributed by atoms with Gasteiger partial charge in [0.15, 0.2) is 0 Å². The predicted octanol–water partition coefficient (Wildman–Crippen LogP) is 1.32. The van der Waals surface area contributed by atoms with Gasteiger partial charge >= 0.3 is 0 Å². The normalized spacial score (nSPS) is 28.2. The Hall–Kier alpha value is -0.0800. The second kappa shape index (κ2) is 3.35. The molecule has 2 heteroatoms. The molecule has 0 aromatic rings. The second-order valence-corrected chi connectivity index (χ2v) is 3.13. The van der Waals surface area contributed by atoms with Crippen LogP contribution in [0.15, 0.2) is 0 Å². The van der Waals surface area contributed by atoms with Crippen LogP contribution in [0.2, 0.25) is 0 Å². The molecule has 0 aliphatic carbocycles. The Kier molecular flexibility index (Phi) is 2.69. The molecule has 0 aromatic carbocycles. The minimum Gasteiger partial charge on any atom is -0.362 e. The van der Waals surface area contributed by atoms with E-state index in [9.17, 15) is 0 Å². The Morgan fingerprint density at radius 3 is 2.70 bits per heavy atom. The van der Waals surface area contributed by atoms with Gasteiger partial charge in [-0.1, -0.05) is 20.8 Å². The van der Waals surface area contributed by atoms with Crippen LogP contribution >= 0.6 is 0 Å². The smallest absolute Gasteiger partial charge is 0.113 e. The molecule has 0 aromatic heterocycles. The van der Waals surface area contributed by atoms with Gasteiger partial charge in [0.05, 0.1) is 6.61 Å². The third kappa shape index (κ3) is 1.50. The van der Waals surface area contributed by atoms with Gasteiger partial charge in [0.1, 0.15) is 6.23 Å². The van der Waals surface area contributed by atoms with Gasteiger partial charge in [0.2, 0.25) is 0 Å². The van der Waals surface area contributed by atoms with Crippen LogP contribution in [0.4, 0.5) is 0 Å². The molecular weight excluding hydrogens is 126 g/mol. The maximum Gasteiger partial charge on any atom is 0.113 e. The fourth-order valence-corrected chi connectivity index (χ4v) is 1.48. The summed E-state index contributed by atoms with van der Waals surface area (Å²) in [5.41, 5.74) is 0. The van der Waals surface area contributed by atoms with Crippen molar-refractivity contribution in [3.05, 3.63) is 0 Å². The van der Waals surface area contributed by atoms with Gasteiger partial charge in [0, 0.05) is 6.54 Å². The Labute approximate surface area is 63.2 Å². The third-order valence-corrected chi connectivity index (χ3v) is 2.00. The highest BCUT2D eigenvalue weighted by Gasteiger charge is 2.25. The van der Waals surface area contributed by atoms with Gasteiger partial charge < -0.3 is 4.74 Å². The van der Waals surface area contributed by atoms with Gasteiger partial charge in [-0.15, -0.1) is 0 Å². The molecule has 2 nitrogen and oxygen atoms in total. The van der Waals surface area contributed by atoms with Crippen molar-refractivity contribution in [2.75, 3.05) is 19.7 Å². The van der Waals surface area contributed by atoms with Crippen LogP contribution < -0.4 is 0 Å². The first-order valence-electron chi connectivity index (χ1n) is 4.11. The standard InChI is InChI=1S/C8H17NO/c1-4-9-5-6-10-8(9)7(2)3/h7-8H,4-6H2,1-3H3/t8-/m1/s1. The molecule has 0 N–H and O–H groups in total. The molecule has 60 valence electrons. The highest BCUT2D eigenvalue weighted by molar-refractivity contribution is 4.70. The van der Waals surface area contributed by atoms with Crippen LogP contribution in [0.5, 0.6) is 0 Å². The Balaban J connectivity index is 2.42. The van der Waals surface area contributed by atoms with Crippen LogP contribution in [0.1, 0.15) is 20.8 Å². The maximum atomic E-state index is 5.54. The van der Waals surface area contributed by atoms with Gasteiger partial charge in [-0.2, -0.15) is 0 Å². The van der Waals surface area contributed by atoms with Crippen molar-refractivity contribution in [1.82, 2.24) is 4.90 Å². The van der Waals surface area contributed by atoms with Crippen LogP contribution in [0.25, 0.3) is 0 Å². The summed E-state index contributed by atoms with van der Waals surface area (Å²) >= 11 is 0. The summed E-state index contributed by atoms with van der Waals surface area (Å²) in [6.45, 7) is 9.74. The first kappa shape index (κ1) is 8.02. The summed E-state index contributed by atoms with van der Waals surface area (Å²) in [6, 6.07) is 0. The first-order valence-corrected chi connectivity index (χ1v) is 4.11. The van der Waals surface area contributed by atoms with Crippen molar-refractivity contribution in [2.45, 2.75) is 27.0 Å². The lowest BCUT2D eigenvalue weighted by Crippen LogP contribution is -2.33. The van der Waals surface area contributed by atoms with E-state index in [4.69, 9.17) is 4.74 Å². The Morgan fingerprint density at radius 1 is 1.60 bits per heavy atom. The first-order chi connectivity index (χ1) is 4.75. The molecule has 1 rings (SSSR count). The molecule has 1 atom stereocenters. The Bertz CT molecular complexity index is 103. The van der Waals surface area contributed by atoms with Crippen molar-refractivity contribution >= 4 is 0 Å². The largest absolute Gasteiger partial charge is 0.362 e. The number of likely N-dealkylation sites (N-methyl/N-ethyl adjacent to an activating group) is 1. The minimum absolute atomic E-state index is 0.380. The molecule has 1 fully saturated rings. The average Bonchev–Trinajstić information content (AvgIpc) is 2.33. The SMILES string of the molecule is CCN1CCO[C@@H]1C(C)C. The number of ether oxygens (including phenoxy) is 1. The number of rotatable bonds is 2. The highest BCUT2D eigenvalue weighted by atomic mass is 16.5. The predicted molar refractivity (Wildman–Crippen MR) is 41.8 cm³/mol. The van der Waals surface area contributed by atoms with Crippen molar-refractivity contribution in [3.8, 4) is 0 Å². The van der Waals surface area contributed by atoms with Crippen molar-refractivity contribution < 1.29 is 4.74 Å². The number of nitrogens with zero attached hydrogens (tertiary/aromatic N) is 1. The van der Waals surface area contributed by atoms with Gasteiger partial charge in [0.25, 0.3) is 0 Å². The topological polar surface area (TPSA) is 12.5 Å². The van der Waals surface area contributed by atoms with E-state index in [2.05, 4.69) is 25.7 Å². The zero-order valence-corrected chi connectivity index (χ0v) is 7.13. The summed E-state index contributed by atoms with van der Waals surface area (Å²) in [7, 11) is 0. The molecule has 1 aliphatic heterocycles. The molecule has 0 spiro atoms. The van der Waals surface area contributed by atoms with E-state index < -0.39 is 0 Å². The summed E-state index contributed by atoms with van der Waals surface area (Å²) in [4.78, 5) is 2.38. The quantitative estimate of drug-likeness (QED) is 0.578. The molecule has 0 bridgehead atoms. The van der Waals surface area contributed by atoms with E-state index in [0.29, 0.717) is 12.1 Å². The Morgan fingerprint density at radius 2 is 2.30 bits per heavy atom. The summed E-state index contributed by atoms with van der Waals surface area (Å²) in [5.74, 6) is 0.627. The van der Waals surface area contributed by atoms with Crippen LogP contribution in [-0.2, 0) is 4.74 Å². The summed E-state index contributed by atoms with van der Waals surface area (Å²) in [6.07, 6.45) is 0.380. The average molecular weight is 143 g/mol. The van der Waals surface area contributed by atoms with E-state index >= 15 is 0 Å². The lowest BCUT2D eigenvalue weighted by atomic mass is 10.2. The van der Waals surface area contributed by atoms with E-state index in [1.165, 1.54) is 0 Å². The van der Waals surface area contributed by atoms with Crippen LogP contribution in [-0.4, -0.2) is 30.8 Å². The van der Waals surface area contributed by atoms with E-state index in [0.717, 1.165) is 19.7 Å². The molecule has 10 heavy (non-hydrogen) atoms. The highest BCUT2D eigenvalue weighted by Crippen LogP contribution is 2.16. The summed E-state index contributed by atoms with van der Waals surface area (Å²) < 4.78 is 5.54. The van der Waals surface area contributed by atoms with Crippen LogP contribution in [0, 0.1) is 5.92 Å². The molecule has 0 unspecified atom stereocenters. The van der Waals surface area contributed by atoms with Crippen molar-refractivity contribution in [1.29, 1.82) is 0 Å². The van der Waals surface area contributed by atoms with Gasteiger partial charge in [-0.25, -0.2) is 0 Å². The van der Waals surface area contributed by atoms with Gasteiger partial charge in [-0.3, -0.25) is 4.90 Å². The van der Waals surface area contributed by atoms with Crippen molar-refractivity contribution in [3.63, 3.8) is 0 Å². The van der Waals surface area contributed by atoms with Gasteiger partial charge in [-0.05, 0) is 12.5 Å². The lowest BCUT2D eigenvalue weighted by Gasteiger charge is -2.23. The van der Waals surface area contributed by atoms with Crippen molar-refractivity contribution in [2.24, 2.45) is 5.92 Å².